The van der Waals surface area contributed by atoms with Gasteiger partial charge in [-0.05, 0) is 54.6 Å². The Morgan fingerprint density at radius 2 is 1.11 bits per heavy atom. The van der Waals surface area contributed by atoms with Gasteiger partial charge in [-0.3, -0.25) is 4.90 Å². The molecule has 27 heavy (non-hydrogen) atoms. The molecule has 0 atom stereocenters. The third kappa shape index (κ3) is 3.33. The van der Waals surface area contributed by atoms with Crippen LogP contribution in [0.25, 0.3) is 0 Å². The van der Waals surface area contributed by atoms with Gasteiger partial charge in [0.2, 0.25) is 0 Å². The molecule has 0 saturated carbocycles. The molecule has 138 valence electrons. The molecule has 0 bridgehead atoms. The van der Waals surface area contributed by atoms with Crippen LogP contribution in [0.1, 0.15) is 48.4 Å². The molecule has 1 heterocycles. The smallest absolute Gasteiger partial charge is 0.0972 e. The van der Waals surface area contributed by atoms with Crippen molar-refractivity contribution >= 4 is 0 Å². The van der Waals surface area contributed by atoms with Crippen molar-refractivity contribution in [3.63, 3.8) is 0 Å². The molecule has 0 amide bonds. The molecule has 0 radical (unpaired) electrons. The van der Waals surface area contributed by atoms with Crippen molar-refractivity contribution in [1.82, 2.24) is 4.90 Å². The maximum Gasteiger partial charge on any atom is 0.0972 e. The van der Waals surface area contributed by atoms with Gasteiger partial charge >= 0.3 is 0 Å². The molecule has 0 aliphatic carbocycles. The Labute approximate surface area is 163 Å². The lowest BCUT2D eigenvalue weighted by molar-refractivity contribution is 0.128. The summed E-state index contributed by atoms with van der Waals surface area (Å²) in [5.74, 6) is 0. The minimum absolute atomic E-state index is 0.227. The molecule has 0 aromatic heterocycles. The summed E-state index contributed by atoms with van der Waals surface area (Å²) in [4.78, 5) is 2.71. The van der Waals surface area contributed by atoms with E-state index < -0.39 is 0 Å². The first-order chi connectivity index (χ1) is 13.4. The second kappa shape index (κ2) is 8.10. The van der Waals surface area contributed by atoms with Crippen molar-refractivity contribution in [2.75, 3.05) is 13.1 Å². The number of aryl methyl sites for hydroxylation is 1. The predicted octanol–water partition coefficient (Wildman–Crippen LogP) is 6.03. The van der Waals surface area contributed by atoms with E-state index in [2.05, 4.69) is 96.8 Å². The standard InChI is InChI=1S/C26H29N/c1-2-22-16-18-25(19-17-22)26(23-12-6-3-7-13-23,24-14-8-4-9-15-24)27-20-10-5-11-21-27/h3-4,6-9,12-19H,2,5,10-11,20-21H2,1H3. The van der Waals surface area contributed by atoms with Crippen LogP contribution in [0.3, 0.4) is 0 Å². The predicted molar refractivity (Wildman–Crippen MR) is 114 cm³/mol. The minimum Gasteiger partial charge on any atom is -0.286 e. The van der Waals surface area contributed by atoms with E-state index in [-0.39, 0.29) is 5.54 Å². The summed E-state index contributed by atoms with van der Waals surface area (Å²) in [6.45, 7) is 4.50. The van der Waals surface area contributed by atoms with Crippen molar-refractivity contribution < 1.29 is 0 Å². The summed E-state index contributed by atoms with van der Waals surface area (Å²) in [5, 5.41) is 0. The van der Waals surface area contributed by atoms with Crippen LogP contribution in [-0.2, 0) is 12.0 Å². The first-order valence-corrected chi connectivity index (χ1v) is 10.3. The van der Waals surface area contributed by atoms with E-state index in [0.29, 0.717) is 0 Å². The van der Waals surface area contributed by atoms with Crippen LogP contribution < -0.4 is 0 Å². The Hall–Kier alpha value is -2.38. The van der Waals surface area contributed by atoms with Crippen molar-refractivity contribution in [3.8, 4) is 0 Å². The SMILES string of the molecule is CCc1ccc(C(c2ccccc2)(c2ccccc2)N2CCCCC2)cc1. The van der Waals surface area contributed by atoms with E-state index in [9.17, 15) is 0 Å². The fraction of sp³-hybridized carbons (Fsp3) is 0.308. The Morgan fingerprint density at radius 1 is 0.630 bits per heavy atom. The zero-order chi connectivity index (χ0) is 18.5. The topological polar surface area (TPSA) is 3.24 Å². The number of hydrogen-bond acceptors (Lipinski definition) is 1. The van der Waals surface area contributed by atoms with Crippen LogP contribution in [0.4, 0.5) is 0 Å². The van der Waals surface area contributed by atoms with Crippen molar-refractivity contribution in [1.29, 1.82) is 0 Å². The van der Waals surface area contributed by atoms with Gasteiger partial charge < -0.3 is 0 Å². The summed E-state index contributed by atoms with van der Waals surface area (Å²) in [5.41, 5.74) is 5.27. The number of benzene rings is 3. The molecule has 1 aliphatic rings. The van der Waals surface area contributed by atoms with E-state index in [1.54, 1.807) is 0 Å². The molecule has 0 unspecified atom stereocenters. The highest BCUT2D eigenvalue weighted by Gasteiger charge is 2.42. The zero-order valence-electron chi connectivity index (χ0n) is 16.3. The van der Waals surface area contributed by atoms with Crippen molar-refractivity contribution in [2.24, 2.45) is 0 Å². The molecule has 1 heteroatoms. The summed E-state index contributed by atoms with van der Waals surface area (Å²) in [6.07, 6.45) is 4.96. The Bertz CT molecular complexity index is 791. The fourth-order valence-electron chi connectivity index (χ4n) is 4.62. The molecule has 0 spiro atoms. The molecule has 1 fully saturated rings. The molecular formula is C26H29N. The van der Waals surface area contributed by atoms with Crippen LogP contribution in [-0.4, -0.2) is 18.0 Å². The largest absolute Gasteiger partial charge is 0.286 e. The number of likely N-dealkylation sites (tertiary alicyclic amines) is 1. The van der Waals surface area contributed by atoms with Gasteiger partial charge in [0.25, 0.3) is 0 Å². The molecule has 0 N–H and O–H groups in total. The van der Waals surface area contributed by atoms with Gasteiger partial charge in [-0.15, -0.1) is 0 Å². The van der Waals surface area contributed by atoms with Gasteiger partial charge in [0, 0.05) is 0 Å². The minimum atomic E-state index is -0.227. The highest BCUT2D eigenvalue weighted by Crippen LogP contribution is 2.43. The van der Waals surface area contributed by atoms with E-state index in [1.807, 2.05) is 0 Å². The Morgan fingerprint density at radius 3 is 1.59 bits per heavy atom. The summed E-state index contributed by atoms with van der Waals surface area (Å²) in [6, 6.07) is 31.5. The third-order valence-electron chi connectivity index (χ3n) is 5.99. The van der Waals surface area contributed by atoms with Crippen molar-refractivity contribution in [3.05, 3.63) is 107 Å². The van der Waals surface area contributed by atoms with Crippen LogP contribution in [0.5, 0.6) is 0 Å². The van der Waals surface area contributed by atoms with Gasteiger partial charge in [0.1, 0.15) is 0 Å². The fourth-order valence-corrected chi connectivity index (χ4v) is 4.62. The molecule has 1 nitrogen and oxygen atoms in total. The lowest BCUT2D eigenvalue weighted by Crippen LogP contribution is -2.50. The van der Waals surface area contributed by atoms with Gasteiger partial charge in [0.05, 0.1) is 5.54 Å². The lowest BCUT2D eigenvalue weighted by atomic mass is 9.74. The van der Waals surface area contributed by atoms with E-state index in [1.165, 1.54) is 41.5 Å². The number of piperidine rings is 1. The lowest BCUT2D eigenvalue weighted by Gasteiger charge is -2.47. The Kier molecular flexibility index (Phi) is 5.40. The highest BCUT2D eigenvalue weighted by atomic mass is 15.2. The summed E-state index contributed by atoms with van der Waals surface area (Å²) in [7, 11) is 0. The quantitative estimate of drug-likeness (QED) is 0.505. The third-order valence-corrected chi connectivity index (χ3v) is 5.99. The van der Waals surface area contributed by atoms with E-state index >= 15 is 0 Å². The summed E-state index contributed by atoms with van der Waals surface area (Å²) < 4.78 is 0. The molecule has 4 rings (SSSR count). The maximum atomic E-state index is 2.71. The number of nitrogens with zero attached hydrogens (tertiary/aromatic N) is 1. The molecule has 3 aromatic carbocycles. The zero-order valence-corrected chi connectivity index (χ0v) is 16.3. The van der Waals surface area contributed by atoms with Gasteiger partial charge in [0.15, 0.2) is 0 Å². The van der Waals surface area contributed by atoms with Gasteiger partial charge in [-0.2, -0.15) is 0 Å². The van der Waals surface area contributed by atoms with Crippen LogP contribution in [0, 0.1) is 0 Å². The highest BCUT2D eigenvalue weighted by molar-refractivity contribution is 5.50. The average molecular weight is 356 g/mol. The number of hydrogen-bond donors (Lipinski definition) is 0. The van der Waals surface area contributed by atoms with Gasteiger partial charge in [-0.1, -0.05) is 98.3 Å². The number of rotatable bonds is 5. The van der Waals surface area contributed by atoms with Crippen LogP contribution in [0.2, 0.25) is 0 Å². The van der Waals surface area contributed by atoms with Crippen LogP contribution >= 0.6 is 0 Å². The second-order valence-electron chi connectivity index (χ2n) is 7.54. The first kappa shape index (κ1) is 18.0. The molecule has 3 aromatic rings. The summed E-state index contributed by atoms with van der Waals surface area (Å²) >= 11 is 0. The Balaban J connectivity index is 1.98. The normalized spacial score (nSPS) is 15.6. The monoisotopic (exact) mass is 355 g/mol. The van der Waals surface area contributed by atoms with Crippen molar-refractivity contribution in [2.45, 2.75) is 38.1 Å². The molecular weight excluding hydrogens is 326 g/mol. The first-order valence-electron chi connectivity index (χ1n) is 10.3. The molecule has 1 aliphatic heterocycles. The van der Waals surface area contributed by atoms with Gasteiger partial charge in [-0.25, -0.2) is 0 Å². The van der Waals surface area contributed by atoms with Crippen LogP contribution in [0.15, 0.2) is 84.9 Å². The van der Waals surface area contributed by atoms with E-state index in [0.717, 1.165) is 19.5 Å². The van der Waals surface area contributed by atoms with E-state index in [4.69, 9.17) is 0 Å². The second-order valence-corrected chi connectivity index (χ2v) is 7.54. The molecule has 1 saturated heterocycles. The maximum absolute atomic E-state index is 2.71. The average Bonchev–Trinajstić information content (AvgIpc) is 2.77.